The first-order valence-electron chi connectivity index (χ1n) is 27.6. The molecule has 504 valence electrons. The van der Waals surface area contributed by atoms with E-state index in [2.05, 4.69) is 16.0 Å². The molecule has 0 bridgehead atoms. The average Bonchev–Trinajstić information content (AvgIpc) is 1.12. The van der Waals surface area contributed by atoms with Crippen molar-refractivity contribution in [2.45, 2.75) is 236 Å². The number of hydrogen-bond donors (Lipinski definition) is 23. The van der Waals surface area contributed by atoms with Gasteiger partial charge in [-0.3, -0.25) is 14.4 Å². The molecule has 3 amide bonds. The van der Waals surface area contributed by atoms with E-state index in [0.717, 1.165) is 20.8 Å². The van der Waals surface area contributed by atoms with E-state index in [0.29, 0.717) is 0 Å². The monoisotopic (exact) mass is 1280 g/mol. The van der Waals surface area contributed by atoms with Crippen LogP contribution in [0.4, 0.5) is 0 Å². The number of carbonyl (C=O) groups is 3. The summed E-state index contributed by atoms with van der Waals surface area (Å²) in [6.07, 6.45) is -62.6. The van der Waals surface area contributed by atoms with Gasteiger partial charge in [0.05, 0.1) is 46.2 Å². The molecule has 35 atom stereocenters. The molecule has 7 aliphatic rings. The maximum absolute atomic E-state index is 13.0. The Labute approximate surface area is 492 Å². The van der Waals surface area contributed by atoms with Gasteiger partial charge in [0.15, 0.2) is 44.0 Å². The quantitative estimate of drug-likeness (QED) is 0.0479. The van der Waals surface area contributed by atoms with E-state index in [9.17, 15) is 117 Å². The number of aliphatic hydroxyl groups is 20. The molecule has 0 radical (unpaired) electrons. The molecule has 39 nitrogen and oxygen atoms in total. The largest absolute Gasteiger partial charge is 0.394 e. The standard InChI is InChI=1S/C48H81N3O36/c1-11(59)49-21-38(82-41-34(72)37(19(9-57)76-43(41)74)85-46-23(51-13(3)61)39(26(64)17(7-55)79-46)86-47-32(70)28(66)24(62)14(4-52)80-47)25(63)15(5-53)77-44(21)84-36-20(10-58)81-48(33(71)30(36)68)87-40-22(50-12(2)60)45(78-16(6-54)27(40)65)83-35-18(8-56)75-42(73)31(69)29(35)67/h14-48,52-58,62-74H,4-10H2,1-3H3,(H,49,59)(H,50,60)(H,51,61)/t14-,15-,16-,17-,18-,19-,20-,21-,22-,23-,24-,25-,26-,27-,28+,29-,30-,31-,32-,33-,34+,35-,36-,37-,38-,39-,40-,41-,42?,43?,44+,45+,46+,47+,48+/m1/s1. The molecular formula is C48H81N3O36. The predicted molar refractivity (Wildman–Crippen MR) is 267 cm³/mol. The highest BCUT2D eigenvalue weighted by Crippen LogP contribution is 2.38. The summed E-state index contributed by atoms with van der Waals surface area (Å²) in [5.41, 5.74) is 0. The Kier molecular flexibility index (Phi) is 25.6. The van der Waals surface area contributed by atoms with Crippen molar-refractivity contribution in [3.05, 3.63) is 0 Å². The van der Waals surface area contributed by atoms with Crippen molar-refractivity contribution >= 4 is 17.7 Å². The Bertz CT molecular complexity index is 2180. The van der Waals surface area contributed by atoms with E-state index in [1.807, 2.05) is 0 Å². The Morgan fingerprint density at radius 2 is 0.552 bits per heavy atom. The first kappa shape index (κ1) is 71.5. The first-order valence-corrected chi connectivity index (χ1v) is 27.6. The van der Waals surface area contributed by atoms with E-state index in [1.165, 1.54) is 0 Å². The van der Waals surface area contributed by atoms with Crippen LogP contribution in [0.1, 0.15) is 20.8 Å². The SMILES string of the molecule is CC(=O)N[C@H]1[C@H](O[C@H]2[C@H](O)[C@@H](O[C@H]3[C@H](O)[C@@H](CO)O[C@@H](O[C@H]4[C@H](O)[C@@H](O)[C@H](O[C@H]5[C@H](O)[C@@H](CO)O[C@@H](O[C@H]6[C@H](O)[C@@H](O)C(O)O[C@@H]6CO)[C@@H]5NC(C)=O)O[C@@H]4CO)[C@@H]3NC(C)=O)C(O)O[C@@H]2CO)O[C@H](CO)[C@@H](O)[C@@H]1O[C@@H]1O[C@H](CO)[C@@H](O)[C@H](O)[C@H]1O. The van der Waals surface area contributed by atoms with Crippen molar-refractivity contribution in [3.63, 3.8) is 0 Å². The van der Waals surface area contributed by atoms with Crippen molar-refractivity contribution in [1.82, 2.24) is 16.0 Å². The summed E-state index contributed by atoms with van der Waals surface area (Å²) in [6, 6.07) is -5.36. The van der Waals surface area contributed by atoms with Gasteiger partial charge in [-0.2, -0.15) is 0 Å². The number of aliphatic hydroxyl groups excluding tert-OH is 20. The lowest BCUT2D eigenvalue weighted by Gasteiger charge is -2.51. The van der Waals surface area contributed by atoms with E-state index in [4.69, 9.17) is 61.6 Å². The molecule has 7 saturated heterocycles. The zero-order valence-electron chi connectivity index (χ0n) is 46.6. The smallest absolute Gasteiger partial charge is 0.217 e. The molecule has 7 heterocycles. The topological polar surface area (TPSA) is 612 Å². The summed E-state index contributed by atoms with van der Waals surface area (Å²) in [5, 5.41) is 223. The molecule has 0 aromatic carbocycles. The van der Waals surface area contributed by atoms with Gasteiger partial charge in [0.2, 0.25) is 17.7 Å². The normalized spacial score (nSPS) is 48.9. The first-order chi connectivity index (χ1) is 41.2. The van der Waals surface area contributed by atoms with Gasteiger partial charge < -0.3 is 180 Å². The lowest BCUT2D eigenvalue weighted by Crippen LogP contribution is -2.71. The molecule has 23 N–H and O–H groups in total. The Morgan fingerprint density at radius 3 is 0.920 bits per heavy atom. The Balaban J connectivity index is 1.12. The van der Waals surface area contributed by atoms with E-state index >= 15 is 0 Å². The number of hydrogen-bond acceptors (Lipinski definition) is 36. The lowest BCUT2D eigenvalue weighted by atomic mass is 9.93. The lowest BCUT2D eigenvalue weighted by molar-refractivity contribution is -0.381. The third-order valence-electron chi connectivity index (χ3n) is 15.8. The van der Waals surface area contributed by atoms with Gasteiger partial charge in [0, 0.05) is 20.8 Å². The van der Waals surface area contributed by atoms with Crippen LogP contribution in [0.5, 0.6) is 0 Å². The zero-order valence-corrected chi connectivity index (χ0v) is 46.6. The van der Waals surface area contributed by atoms with Crippen molar-refractivity contribution in [1.29, 1.82) is 0 Å². The van der Waals surface area contributed by atoms with E-state index in [-0.39, 0.29) is 0 Å². The van der Waals surface area contributed by atoms with Crippen molar-refractivity contribution in [2.75, 3.05) is 46.2 Å². The van der Waals surface area contributed by atoms with Crippen LogP contribution in [-0.2, 0) is 76.0 Å². The average molecular weight is 1280 g/mol. The molecule has 2 unspecified atom stereocenters. The van der Waals surface area contributed by atoms with E-state index in [1.54, 1.807) is 0 Å². The molecule has 7 aliphatic heterocycles. The molecule has 39 heteroatoms. The molecule has 87 heavy (non-hydrogen) atoms. The van der Waals surface area contributed by atoms with Crippen LogP contribution in [0, 0.1) is 0 Å². The van der Waals surface area contributed by atoms with E-state index < -0.39 is 279 Å². The summed E-state index contributed by atoms with van der Waals surface area (Å²) >= 11 is 0. The maximum Gasteiger partial charge on any atom is 0.217 e. The fourth-order valence-corrected chi connectivity index (χ4v) is 11.3. The number of nitrogens with one attached hydrogen (secondary N) is 3. The number of rotatable bonds is 22. The van der Waals surface area contributed by atoms with Crippen LogP contribution in [0.15, 0.2) is 0 Å². The van der Waals surface area contributed by atoms with Gasteiger partial charge in [-0.25, -0.2) is 0 Å². The highest BCUT2D eigenvalue weighted by Gasteiger charge is 2.60. The zero-order chi connectivity index (χ0) is 64.2. The second-order valence-electron chi connectivity index (χ2n) is 21.8. The third kappa shape index (κ3) is 15.6. The summed E-state index contributed by atoms with van der Waals surface area (Å²) in [4.78, 5) is 38.3. The van der Waals surface area contributed by atoms with Crippen LogP contribution in [0.3, 0.4) is 0 Å². The fraction of sp³-hybridized carbons (Fsp3) is 0.938. The van der Waals surface area contributed by atoms with Crippen molar-refractivity contribution < 1.29 is 178 Å². The molecule has 7 rings (SSSR count). The van der Waals surface area contributed by atoms with Gasteiger partial charge in [0.25, 0.3) is 0 Å². The highest BCUT2D eigenvalue weighted by atomic mass is 16.8. The second kappa shape index (κ2) is 31.1. The molecule has 0 aliphatic carbocycles. The van der Waals surface area contributed by atoms with Gasteiger partial charge in [-0.15, -0.1) is 0 Å². The van der Waals surface area contributed by atoms with Crippen LogP contribution < -0.4 is 16.0 Å². The minimum atomic E-state index is -2.30. The second-order valence-corrected chi connectivity index (χ2v) is 21.8. The summed E-state index contributed by atoms with van der Waals surface area (Å²) in [5.74, 6) is -2.63. The maximum atomic E-state index is 13.0. The molecule has 0 saturated carbocycles. The molecule has 0 spiro atoms. The van der Waals surface area contributed by atoms with Crippen LogP contribution in [0.25, 0.3) is 0 Å². The van der Waals surface area contributed by atoms with Gasteiger partial charge in [-0.1, -0.05) is 0 Å². The summed E-state index contributed by atoms with van der Waals surface area (Å²) in [7, 11) is 0. The van der Waals surface area contributed by atoms with Gasteiger partial charge in [-0.05, 0) is 0 Å². The molecule has 0 aromatic rings. The Morgan fingerprint density at radius 1 is 0.276 bits per heavy atom. The Hall–Kier alpha value is -2.91. The highest BCUT2D eigenvalue weighted by molar-refractivity contribution is 5.74. The predicted octanol–water partition coefficient (Wildman–Crippen LogP) is -15.8. The van der Waals surface area contributed by atoms with Crippen molar-refractivity contribution in [2.24, 2.45) is 0 Å². The van der Waals surface area contributed by atoms with Gasteiger partial charge in [0.1, 0.15) is 171 Å². The number of amides is 3. The van der Waals surface area contributed by atoms with Crippen LogP contribution in [0.2, 0.25) is 0 Å². The number of ether oxygens (including phenoxy) is 13. The van der Waals surface area contributed by atoms with Crippen molar-refractivity contribution in [3.8, 4) is 0 Å². The summed E-state index contributed by atoms with van der Waals surface area (Å²) in [6.45, 7) is -4.15. The van der Waals surface area contributed by atoms with Crippen LogP contribution in [-0.4, -0.2) is 381 Å². The minimum Gasteiger partial charge on any atom is -0.394 e. The van der Waals surface area contributed by atoms with Crippen LogP contribution >= 0.6 is 0 Å². The third-order valence-corrected chi connectivity index (χ3v) is 15.8. The molecular weight excluding hydrogens is 1190 g/mol. The fourth-order valence-electron chi connectivity index (χ4n) is 11.3. The molecule has 0 aromatic heterocycles. The molecule has 7 fully saturated rings. The van der Waals surface area contributed by atoms with Gasteiger partial charge >= 0.3 is 0 Å². The number of carbonyl (C=O) groups excluding carboxylic acids is 3. The minimum absolute atomic E-state index is 0.845. The summed E-state index contributed by atoms with van der Waals surface area (Å²) < 4.78 is 75.3.